The predicted molar refractivity (Wildman–Crippen MR) is 83.4 cm³/mol. The molecule has 3 nitrogen and oxygen atoms in total. The van der Waals surface area contributed by atoms with E-state index in [-0.39, 0.29) is 17.1 Å². The van der Waals surface area contributed by atoms with Crippen molar-refractivity contribution in [2.45, 2.75) is 17.7 Å². The van der Waals surface area contributed by atoms with Crippen molar-refractivity contribution in [3.63, 3.8) is 0 Å². The molecule has 0 amide bonds. The Kier molecular flexibility index (Phi) is 4.80. The number of ketones is 1. The van der Waals surface area contributed by atoms with Gasteiger partial charge in [0, 0.05) is 24.1 Å². The van der Waals surface area contributed by atoms with Gasteiger partial charge in [-0.3, -0.25) is 4.79 Å². The number of hydrogen-bond acceptors (Lipinski definition) is 3. The van der Waals surface area contributed by atoms with Gasteiger partial charge in [0.25, 0.3) is 0 Å². The third-order valence-corrected chi connectivity index (χ3v) is 4.45. The molecule has 21 heavy (non-hydrogen) atoms. The number of halogens is 1. The first-order chi connectivity index (χ1) is 9.84. The summed E-state index contributed by atoms with van der Waals surface area (Å²) in [6, 6.07) is 13.6. The summed E-state index contributed by atoms with van der Waals surface area (Å²) in [7, 11) is -3.20. The lowest BCUT2D eigenvalue weighted by atomic mass is 10.0. The van der Waals surface area contributed by atoms with E-state index < -0.39 is 9.84 Å². The molecule has 0 saturated heterocycles. The molecule has 2 aromatic rings. The zero-order chi connectivity index (χ0) is 15.5. The van der Waals surface area contributed by atoms with Crippen molar-refractivity contribution >= 4 is 27.2 Å². The second kappa shape index (κ2) is 6.41. The first-order valence-electron chi connectivity index (χ1n) is 6.40. The minimum atomic E-state index is -3.20. The fourth-order valence-corrected chi connectivity index (χ4v) is 2.73. The molecule has 0 spiro atoms. The Morgan fingerprint density at radius 3 is 1.76 bits per heavy atom. The second-order valence-electron chi connectivity index (χ2n) is 4.93. The number of benzene rings is 2. The molecule has 2 rings (SSSR count). The van der Waals surface area contributed by atoms with Gasteiger partial charge in [-0.2, -0.15) is 0 Å². The van der Waals surface area contributed by atoms with Crippen molar-refractivity contribution in [3.8, 4) is 0 Å². The van der Waals surface area contributed by atoms with E-state index in [1.54, 1.807) is 24.3 Å². The number of hydrogen-bond donors (Lipinski definition) is 0. The van der Waals surface area contributed by atoms with Crippen LogP contribution in [0.4, 0.5) is 0 Å². The van der Waals surface area contributed by atoms with Crippen molar-refractivity contribution in [1.29, 1.82) is 0 Å². The summed E-state index contributed by atoms with van der Waals surface area (Å²) in [6.07, 6.45) is 1.78. The van der Waals surface area contributed by atoms with Crippen molar-refractivity contribution in [3.05, 3.63) is 64.7 Å². The van der Waals surface area contributed by atoms with Crippen LogP contribution in [0, 0.1) is 0 Å². The van der Waals surface area contributed by atoms with E-state index >= 15 is 0 Å². The SMILES string of the molecule is CS(=O)(=O)c1ccc(CC(=O)Cc2ccc(Cl)cc2)cc1. The van der Waals surface area contributed by atoms with Crippen LogP contribution >= 0.6 is 11.6 Å². The highest BCUT2D eigenvalue weighted by molar-refractivity contribution is 7.90. The molecule has 0 atom stereocenters. The number of carbonyl (C=O) groups excluding carboxylic acids is 1. The minimum absolute atomic E-state index is 0.0735. The summed E-state index contributed by atoms with van der Waals surface area (Å²) in [5, 5.41) is 0.641. The van der Waals surface area contributed by atoms with Crippen molar-refractivity contribution in [2.75, 3.05) is 6.26 Å². The van der Waals surface area contributed by atoms with Crippen LogP contribution in [0.2, 0.25) is 5.02 Å². The number of Topliss-reactive ketones (excluding diaryl/α,β-unsaturated/α-hetero) is 1. The Hall–Kier alpha value is -1.65. The average molecular weight is 323 g/mol. The smallest absolute Gasteiger partial charge is 0.175 e. The zero-order valence-electron chi connectivity index (χ0n) is 11.5. The summed E-state index contributed by atoms with van der Waals surface area (Å²) >= 11 is 5.80. The molecular formula is C16H15ClO3S. The summed E-state index contributed by atoms with van der Waals surface area (Å²) in [4.78, 5) is 12.3. The topological polar surface area (TPSA) is 51.2 Å². The number of carbonyl (C=O) groups is 1. The number of rotatable bonds is 5. The summed E-state index contributed by atoms with van der Waals surface area (Å²) < 4.78 is 22.7. The minimum Gasteiger partial charge on any atom is -0.299 e. The highest BCUT2D eigenvalue weighted by Crippen LogP contribution is 2.13. The summed E-state index contributed by atoms with van der Waals surface area (Å²) in [6.45, 7) is 0. The van der Waals surface area contributed by atoms with E-state index in [4.69, 9.17) is 11.6 Å². The van der Waals surface area contributed by atoms with E-state index in [9.17, 15) is 13.2 Å². The van der Waals surface area contributed by atoms with Crippen LogP contribution < -0.4 is 0 Å². The highest BCUT2D eigenvalue weighted by atomic mass is 35.5. The molecule has 0 aromatic heterocycles. The Morgan fingerprint density at radius 2 is 1.33 bits per heavy atom. The molecule has 0 unspecified atom stereocenters. The monoisotopic (exact) mass is 322 g/mol. The van der Waals surface area contributed by atoms with Gasteiger partial charge in [0.05, 0.1) is 4.90 Å². The van der Waals surface area contributed by atoms with Crippen LogP contribution in [0.1, 0.15) is 11.1 Å². The lowest BCUT2D eigenvalue weighted by Gasteiger charge is -2.04. The van der Waals surface area contributed by atoms with E-state index in [1.165, 1.54) is 12.1 Å². The normalized spacial score (nSPS) is 11.3. The van der Waals surface area contributed by atoms with Crippen LogP contribution in [0.15, 0.2) is 53.4 Å². The molecule has 0 radical (unpaired) electrons. The van der Waals surface area contributed by atoms with Crippen molar-refractivity contribution in [2.24, 2.45) is 0 Å². The van der Waals surface area contributed by atoms with E-state index in [0.29, 0.717) is 11.4 Å². The molecule has 0 aliphatic heterocycles. The van der Waals surface area contributed by atoms with Gasteiger partial charge in [0.1, 0.15) is 5.78 Å². The molecule has 0 heterocycles. The first kappa shape index (κ1) is 15.7. The van der Waals surface area contributed by atoms with Gasteiger partial charge in [0.15, 0.2) is 9.84 Å². The largest absolute Gasteiger partial charge is 0.299 e. The Morgan fingerprint density at radius 1 is 0.905 bits per heavy atom. The maximum Gasteiger partial charge on any atom is 0.175 e. The first-order valence-corrected chi connectivity index (χ1v) is 8.67. The average Bonchev–Trinajstić information content (AvgIpc) is 2.41. The lowest BCUT2D eigenvalue weighted by molar-refractivity contribution is -0.117. The molecular weight excluding hydrogens is 308 g/mol. The van der Waals surface area contributed by atoms with Crippen LogP contribution in [0.3, 0.4) is 0 Å². The molecule has 0 saturated carbocycles. The van der Waals surface area contributed by atoms with Crippen molar-refractivity contribution in [1.82, 2.24) is 0 Å². The Labute approximate surface area is 129 Å². The Balaban J connectivity index is 2.01. The quantitative estimate of drug-likeness (QED) is 0.850. The van der Waals surface area contributed by atoms with Crippen LogP contribution in [0.5, 0.6) is 0 Å². The molecule has 0 aliphatic carbocycles. The molecule has 0 bridgehead atoms. The maximum absolute atomic E-state index is 12.0. The molecule has 5 heteroatoms. The van der Waals surface area contributed by atoms with Gasteiger partial charge in [-0.15, -0.1) is 0 Å². The molecule has 0 N–H and O–H groups in total. The Bertz CT molecular complexity index is 732. The van der Waals surface area contributed by atoms with Crippen molar-refractivity contribution < 1.29 is 13.2 Å². The lowest BCUT2D eigenvalue weighted by Crippen LogP contribution is -2.07. The standard InChI is InChI=1S/C16H15ClO3S/c1-21(19,20)16-8-4-13(5-9-16)11-15(18)10-12-2-6-14(17)7-3-12/h2-9H,10-11H2,1H3. The predicted octanol–water partition coefficient (Wildman–Crippen LogP) is 3.10. The van der Waals surface area contributed by atoms with Gasteiger partial charge in [-0.25, -0.2) is 8.42 Å². The van der Waals surface area contributed by atoms with Gasteiger partial charge in [-0.1, -0.05) is 35.9 Å². The molecule has 110 valence electrons. The molecule has 0 fully saturated rings. The van der Waals surface area contributed by atoms with Crippen LogP contribution in [0.25, 0.3) is 0 Å². The highest BCUT2D eigenvalue weighted by Gasteiger charge is 2.09. The van der Waals surface area contributed by atoms with Gasteiger partial charge < -0.3 is 0 Å². The fourth-order valence-electron chi connectivity index (χ4n) is 1.97. The number of sulfone groups is 1. The third-order valence-electron chi connectivity index (χ3n) is 3.07. The summed E-state index contributed by atoms with van der Waals surface area (Å²) in [5.41, 5.74) is 1.72. The fraction of sp³-hybridized carbons (Fsp3) is 0.188. The molecule has 0 aliphatic rings. The third kappa shape index (κ3) is 4.69. The van der Waals surface area contributed by atoms with Gasteiger partial charge in [-0.05, 0) is 35.4 Å². The molecule has 2 aromatic carbocycles. The second-order valence-corrected chi connectivity index (χ2v) is 7.39. The summed E-state index contributed by atoms with van der Waals surface area (Å²) in [5.74, 6) is 0.0735. The van der Waals surface area contributed by atoms with E-state index in [2.05, 4.69) is 0 Å². The van der Waals surface area contributed by atoms with Gasteiger partial charge >= 0.3 is 0 Å². The van der Waals surface area contributed by atoms with Crippen LogP contribution in [-0.2, 0) is 27.5 Å². The van der Waals surface area contributed by atoms with Crippen LogP contribution in [-0.4, -0.2) is 20.5 Å². The zero-order valence-corrected chi connectivity index (χ0v) is 13.1. The van der Waals surface area contributed by atoms with Gasteiger partial charge in [0.2, 0.25) is 0 Å². The maximum atomic E-state index is 12.0. The van der Waals surface area contributed by atoms with E-state index in [0.717, 1.165) is 17.4 Å². The van der Waals surface area contributed by atoms with E-state index in [1.807, 2.05) is 12.1 Å².